The van der Waals surface area contributed by atoms with Crippen molar-refractivity contribution in [2.45, 2.75) is 32.4 Å². The first-order valence-corrected chi connectivity index (χ1v) is 5.74. The Kier molecular flexibility index (Phi) is 5.51. The molecule has 0 saturated carbocycles. The molecule has 96 valence electrons. The van der Waals surface area contributed by atoms with E-state index in [9.17, 15) is 8.78 Å². The Morgan fingerprint density at radius 3 is 2.29 bits per heavy atom. The van der Waals surface area contributed by atoms with Crippen LogP contribution in [-0.2, 0) is 11.2 Å². The predicted octanol–water partition coefficient (Wildman–Crippen LogP) is 2.52. The van der Waals surface area contributed by atoms with Crippen LogP contribution in [0.25, 0.3) is 0 Å². The van der Waals surface area contributed by atoms with Crippen molar-refractivity contribution >= 4 is 0 Å². The van der Waals surface area contributed by atoms with E-state index in [0.717, 1.165) is 6.07 Å². The van der Waals surface area contributed by atoms with Crippen molar-refractivity contribution in [3.63, 3.8) is 0 Å². The lowest BCUT2D eigenvalue weighted by molar-refractivity contribution is 0.0890. The lowest BCUT2D eigenvalue weighted by atomic mass is 10.1. The maximum absolute atomic E-state index is 12.9. The average Bonchev–Trinajstić information content (AvgIpc) is 2.26. The molecule has 0 fully saturated rings. The first kappa shape index (κ1) is 14.1. The molecule has 1 rings (SSSR count). The van der Waals surface area contributed by atoms with Crippen LogP contribution >= 0.6 is 0 Å². The number of nitrogens with one attached hydrogen (secondary N) is 1. The minimum Gasteiger partial charge on any atom is -0.380 e. The summed E-state index contributed by atoms with van der Waals surface area (Å²) in [6.07, 6.45) is 0.703. The van der Waals surface area contributed by atoms with E-state index in [1.54, 1.807) is 7.11 Å². The molecule has 0 aromatic heterocycles. The summed E-state index contributed by atoms with van der Waals surface area (Å²) < 4.78 is 31.0. The van der Waals surface area contributed by atoms with Gasteiger partial charge >= 0.3 is 0 Å². The minimum absolute atomic E-state index is 0.110. The molecule has 0 radical (unpaired) electrons. The SMILES string of the molecule is COC(C)C(C)NCCc1cc(F)cc(F)c1. The molecule has 1 aromatic rings. The second-order valence-electron chi connectivity index (χ2n) is 4.21. The van der Waals surface area contributed by atoms with Crippen molar-refractivity contribution in [3.8, 4) is 0 Å². The fourth-order valence-corrected chi connectivity index (χ4v) is 1.57. The summed E-state index contributed by atoms with van der Waals surface area (Å²) >= 11 is 0. The molecule has 2 unspecified atom stereocenters. The van der Waals surface area contributed by atoms with Gasteiger partial charge in [-0.2, -0.15) is 0 Å². The summed E-state index contributed by atoms with van der Waals surface area (Å²) in [7, 11) is 1.66. The Bertz CT molecular complexity index is 337. The predicted molar refractivity (Wildman–Crippen MR) is 64.0 cm³/mol. The summed E-state index contributed by atoms with van der Waals surface area (Å²) in [6, 6.07) is 3.80. The van der Waals surface area contributed by atoms with Gasteiger partial charge in [0.2, 0.25) is 0 Å². The van der Waals surface area contributed by atoms with Crippen LogP contribution in [0.2, 0.25) is 0 Å². The highest BCUT2D eigenvalue weighted by atomic mass is 19.1. The molecule has 0 aliphatic heterocycles. The second kappa shape index (κ2) is 6.67. The zero-order valence-corrected chi connectivity index (χ0v) is 10.5. The molecule has 1 aromatic carbocycles. The third-order valence-electron chi connectivity index (χ3n) is 2.88. The molecule has 0 spiro atoms. The highest BCUT2D eigenvalue weighted by Crippen LogP contribution is 2.08. The van der Waals surface area contributed by atoms with E-state index in [4.69, 9.17) is 4.74 Å². The molecular formula is C13H19F2NO. The topological polar surface area (TPSA) is 21.3 Å². The van der Waals surface area contributed by atoms with Gasteiger partial charge in [-0.1, -0.05) is 0 Å². The Labute approximate surface area is 101 Å². The molecule has 1 N–H and O–H groups in total. The molecule has 0 amide bonds. The normalized spacial score (nSPS) is 14.6. The molecule has 17 heavy (non-hydrogen) atoms. The van der Waals surface area contributed by atoms with Crippen molar-refractivity contribution in [3.05, 3.63) is 35.4 Å². The van der Waals surface area contributed by atoms with E-state index < -0.39 is 11.6 Å². The van der Waals surface area contributed by atoms with E-state index in [0.29, 0.717) is 18.5 Å². The average molecular weight is 243 g/mol. The smallest absolute Gasteiger partial charge is 0.126 e. The van der Waals surface area contributed by atoms with Gasteiger partial charge in [-0.05, 0) is 44.5 Å². The first-order chi connectivity index (χ1) is 8.02. The van der Waals surface area contributed by atoms with Crippen LogP contribution in [-0.4, -0.2) is 25.8 Å². The molecular weight excluding hydrogens is 224 g/mol. The van der Waals surface area contributed by atoms with Crippen molar-refractivity contribution in [1.82, 2.24) is 5.32 Å². The van der Waals surface area contributed by atoms with Crippen molar-refractivity contribution in [2.24, 2.45) is 0 Å². The fraction of sp³-hybridized carbons (Fsp3) is 0.538. The summed E-state index contributed by atoms with van der Waals surface area (Å²) in [5, 5.41) is 3.25. The van der Waals surface area contributed by atoms with E-state index in [1.165, 1.54) is 12.1 Å². The maximum atomic E-state index is 12.9. The van der Waals surface area contributed by atoms with Crippen LogP contribution in [0.3, 0.4) is 0 Å². The van der Waals surface area contributed by atoms with Gasteiger partial charge < -0.3 is 10.1 Å². The van der Waals surface area contributed by atoms with Gasteiger partial charge in [-0.15, -0.1) is 0 Å². The van der Waals surface area contributed by atoms with Crippen LogP contribution in [0, 0.1) is 11.6 Å². The third kappa shape index (κ3) is 4.79. The summed E-state index contributed by atoms with van der Waals surface area (Å²) in [5.41, 5.74) is 0.660. The third-order valence-corrected chi connectivity index (χ3v) is 2.88. The number of benzene rings is 1. The molecule has 2 nitrogen and oxygen atoms in total. The number of halogens is 2. The van der Waals surface area contributed by atoms with E-state index in [1.807, 2.05) is 13.8 Å². The summed E-state index contributed by atoms with van der Waals surface area (Å²) in [5.74, 6) is -1.06. The van der Waals surface area contributed by atoms with Gasteiger partial charge in [0.1, 0.15) is 11.6 Å². The number of hydrogen-bond acceptors (Lipinski definition) is 2. The van der Waals surface area contributed by atoms with Crippen LogP contribution in [0.1, 0.15) is 19.4 Å². The summed E-state index contributed by atoms with van der Waals surface area (Å²) in [6.45, 7) is 4.65. The number of ether oxygens (including phenoxy) is 1. The Hall–Kier alpha value is -1.00. The molecule has 0 saturated heterocycles. The maximum Gasteiger partial charge on any atom is 0.126 e. The number of methoxy groups -OCH3 is 1. The van der Waals surface area contributed by atoms with Crippen LogP contribution < -0.4 is 5.32 Å². The van der Waals surface area contributed by atoms with Crippen molar-refractivity contribution in [1.29, 1.82) is 0 Å². The molecule has 0 bridgehead atoms. The van der Waals surface area contributed by atoms with Gasteiger partial charge in [0.05, 0.1) is 6.10 Å². The first-order valence-electron chi connectivity index (χ1n) is 5.74. The Balaban J connectivity index is 2.40. The van der Waals surface area contributed by atoms with Crippen LogP contribution in [0.4, 0.5) is 8.78 Å². The minimum atomic E-state index is -0.529. The van der Waals surface area contributed by atoms with Gasteiger partial charge in [-0.3, -0.25) is 0 Å². The molecule has 0 aliphatic rings. The molecule has 0 heterocycles. The van der Waals surface area contributed by atoms with E-state index in [-0.39, 0.29) is 12.1 Å². The molecule has 0 aliphatic carbocycles. The van der Waals surface area contributed by atoms with Gasteiger partial charge in [0.25, 0.3) is 0 Å². The van der Waals surface area contributed by atoms with Crippen LogP contribution in [0.15, 0.2) is 18.2 Å². The van der Waals surface area contributed by atoms with E-state index in [2.05, 4.69) is 5.32 Å². The second-order valence-corrected chi connectivity index (χ2v) is 4.21. The Morgan fingerprint density at radius 1 is 1.18 bits per heavy atom. The van der Waals surface area contributed by atoms with Crippen molar-refractivity contribution in [2.75, 3.05) is 13.7 Å². The summed E-state index contributed by atoms with van der Waals surface area (Å²) in [4.78, 5) is 0. The molecule has 4 heteroatoms. The standard InChI is InChI=1S/C13H19F2NO/c1-9(10(2)17-3)16-5-4-11-6-12(14)8-13(15)7-11/h6-10,16H,4-5H2,1-3H3. The van der Waals surface area contributed by atoms with E-state index >= 15 is 0 Å². The zero-order chi connectivity index (χ0) is 12.8. The Morgan fingerprint density at radius 2 is 1.76 bits per heavy atom. The van der Waals surface area contributed by atoms with Crippen LogP contribution in [0.5, 0.6) is 0 Å². The highest BCUT2D eigenvalue weighted by molar-refractivity contribution is 5.18. The van der Waals surface area contributed by atoms with Gasteiger partial charge in [0, 0.05) is 19.2 Å². The van der Waals surface area contributed by atoms with Gasteiger partial charge in [-0.25, -0.2) is 8.78 Å². The zero-order valence-electron chi connectivity index (χ0n) is 10.5. The quantitative estimate of drug-likeness (QED) is 0.829. The number of hydrogen-bond donors (Lipinski definition) is 1. The van der Waals surface area contributed by atoms with Gasteiger partial charge in [0.15, 0.2) is 0 Å². The largest absolute Gasteiger partial charge is 0.380 e. The van der Waals surface area contributed by atoms with Crippen molar-refractivity contribution < 1.29 is 13.5 Å². The number of rotatable bonds is 6. The monoisotopic (exact) mass is 243 g/mol. The lowest BCUT2D eigenvalue weighted by Crippen LogP contribution is -2.37. The molecule has 2 atom stereocenters. The fourth-order valence-electron chi connectivity index (χ4n) is 1.57. The highest BCUT2D eigenvalue weighted by Gasteiger charge is 2.09. The lowest BCUT2D eigenvalue weighted by Gasteiger charge is -2.19.